The van der Waals surface area contributed by atoms with Gasteiger partial charge in [-0.15, -0.1) is 0 Å². The molecule has 1 unspecified atom stereocenters. The second-order valence-corrected chi connectivity index (χ2v) is 4.78. The first kappa shape index (κ1) is 14.5. The Bertz CT molecular complexity index is 480. The average Bonchev–Trinajstić information content (AvgIpc) is 2.47. The molecule has 7 heteroatoms. The number of nitrogens with two attached hydrogens (primary N) is 1. The van der Waals surface area contributed by atoms with Gasteiger partial charge in [-0.2, -0.15) is 0 Å². The van der Waals surface area contributed by atoms with Gasteiger partial charge in [-0.05, 0) is 13.3 Å². The lowest BCUT2D eigenvalue weighted by Crippen LogP contribution is -2.54. The predicted octanol–water partition coefficient (Wildman–Crippen LogP) is 0.0986. The summed E-state index contributed by atoms with van der Waals surface area (Å²) in [6.07, 6.45) is 2.33. The number of hydrogen-bond donors (Lipinski definition) is 2. The molecule has 1 amide bonds. The van der Waals surface area contributed by atoms with Crippen LogP contribution in [0.25, 0.3) is 0 Å². The first-order chi connectivity index (χ1) is 9.65. The molecule has 1 saturated heterocycles. The van der Waals surface area contributed by atoms with Crippen molar-refractivity contribution in [3.05, 3.63) is 11.9 Å². The number of rotatable bonds is 4. The van der Waals surface area contributed by atoms with Crippen molar-refractivity contribution >= 4 is 17.5 Å². The molecule has 1 aromatic heterocycles. The number of amides is 1. The Morgan fingerprint density at radius 2 is 2.40 bits per heavy atom. The number of morpholine rings is 1. The highest BCUT2D eigenvalue weighted by Crippen LogP contribution is 2.23. The molecule has 0 radical (unpaired) electrons. The van der Waals surface area contributed by atoms with Crippen LogP contribution >= 0.6 is 0 Å². The molecule has 0 aromatic carbocycles. The highest BCUT2D eigenvalue weighted by molar-refractivity contribution is 5.85. The Morgan fingerprint density at radius 3 is 3.15 bits per heavy atom. The topological polar surface area (TPSA) is 93.4 Å². The number of anilines is 2. The first-order valence-electron chi connectivity index (χ1n) is 6.84. The second kappa shape index (κ2) is 6.51. The molecule has 1 aliphatic heterocycles. The molecule has 0 spiro atoms. The summed E-state index contributed by atoms with van der Waals surface area (Å²) in [7, 11) is 0. The van der Waals surface area contributed by atoms with Gasteiger partial charge in [0.05, 0.1) is 13.2 Å². The van der Waals surface area contributed by atoms with Crippen LogP contribution in [-0.4, -0.2) is 48.2 Å². The second-order valence-electron chi connectivity index (χ2n) is 4.78. The number of carbonyl (C=O) groups is 1. The zero-order valence-corrected chi connectivity index (χ0v) is 11.9. The fourth-order valence-corrected chi connectivity index (χ4v) is 2.18. The Labute approximate surface area is 118 Å². The highest BCUT2D eigenvalue weighted by atomic mass is 16.5. The largest absolute Gasteiger partial charge is 0.383 e. The molecular formula is C13H21N5O2. The predicted molar refractivity (Wildman–Crippen MR) is 76.4 cm³/mol. The molecule has 1 fully saturated rings. The molecule has 2 rings (SSSR count). The van der Waals surface area contributed by atoms with Gasteiger partial charge in [0.15, 0.2) is 0 Å². The summed E-state index contributed by atoms with van der Waals surface area (Å²) in [5.74, 6) is 1.11. The minimum Gasteiger partial charge on any atom is -0.383 e. The van der Waals surface area contributed by atoms with E-state index in [0.29, 0.717) is 37.9 Å². The number of aromatic nitrogens is 2. The molecule has 110 valence electrons. The SMILES string of the molecule is CCCNC(=O)C1COCCN1c1ncnc(N)c1C. The van der Waals surface area contributed by atoms with E-state index < -0.39 is 0 Å². The van der Waals surface area contributed by atoms with Gasteiger partial charge in [-0.3, -0.25) is 4.79 Å². The van der Waals surface area contributed by atoms with Gasteiger partial charge in [0.25, 0.3) is 0 Å². The van der Waals surface area contributed by atoms with Crippen LogP contribution in [0, 0.1) is 6.92 Å². The fraction of sp³-hybridized carbons (Fsp3) is 0.615. The van der Waals surface area contributed by atoms with E-state index in [1.807, 2.05) is 18.7 Å². The van der Waals surface area contributed by atoms with E-state index in [0.717, 1.165) is 12.0 Å². The van der Waals surface area contributed by atoms with E-state index in [9.17, 15) is 4.79 Å². The van der Waals surface area contributed by atoms with Gasteiger partial charge in [-0.1, -0.05) is 6.92 Å². The Morgan fingerprint density at radius 1 is 1.60 bits per heavy atom. The third kappa shape index (κ3) is 2.98. The van der Waals surface area contributed by atoms with Crippen molar-refractivity contribution in [3.63, 3.8) is 0 Å². The van der Waals surface area contributed by atoms with E-state index in [1.54, 1.807) is 0 Å². The third-order valence-electron chi connectivity index (χ3n) is 3.35. The van der Waals surface area contributed by atoms with Crippen molar-refractivity contribution < 1.29 is 9.53 Å². The molecule has 1 aromatic rings. The van der Waals surface area contributed by atoms with Crippen LogP contribution in [0.3, 0.4) is 0 Å². The van der Waals surface area contributed by atoms with Crippen molar-refractivity contribution in [1.29, 1.82) is 0 Å². The standard InChI is InChI=1S/C13H21N5O2/c1-3-4-15-13(19)10-7-20-6-5-18(10)12-9(2)11(14)16-8-17-12/h8,10H,3-7H2,1-2H3,(H,15,19)(H2,14,16,17). The lowest BCUT2D eigenvalue weighted by atomic mass is 10.1. The number of carbonyl (C=O) groups excluding carboxylic acids is 1. The quantitative estimate of drug-likeness (QED) is 0.812. The summed E-state index contributed by atoms with van der Waals surface area (Å²) < 4.78 is 5.43. The third-order valence-corrected chi connectivity index (χ3v) is 3.35. The fourth-order valence-electron chi connectivity index (χ4n) is 2.18. The van der Waals surface area contributed by atoms with Gasteiger partial charge >= 0.3 is 0 Å². The number of nitrogens with one attached hydrogen (secondary N) is 1. The molecule has 2 heterocycles. The van der Waals surface area contributed by atoms with Crippen LogP contribution in [0.2, 0.25) is 0 Å². The summed E-state index contributed by atoms with van der Waals surface area (Å²) in [6, 6.07) is -0.372. The molecule has 20 heavy (non-hydrogen) atoms. The van der Waals surface area contributed by atoms with E-state index >= 15 is 0 Å². The Kier molecular flexibility index (Phi) is 4.73. The summed E-state index contributed by atoms with van der Waals surface area (Å²) in [5.41, 5.74) is 6.61. The number of hydrogen-bond acceptors (Lipinski definition) is 6. The monoisotopic (exact) mass is 279 g/mol. The van der Waals surface area contributed by atoms with Crippen LogP contribution in [0.1, 0.15) is 18.9 Å². The van der Waals surface area contributed by atoms with E-state index in [-0.39, 0.29) is 11.9 Å². The maximum absolute atomic E-state index is 12.2. The zero-order valence-electron chi connectivity index (χ0n) is 11.9. The van der Waals surface area contributed by atoms with Crippen LogP contribution < -0.4 is 16.0 Å². The lowest BCUT2D eigenvalue weighted by Gasteiger charge is -2.36. The molecule has 7 nitrogen and oxygen atoms in total. The van der Waals surface area contributed by atoms with Gasteiger partial charge < -0.3 is 20.7 Å². The highest BCUT2D eigenvalue weighted by Gasteiger charge is 2.31. The van der Waals surface area contributed by atoms with E-state index in [1.165, 1.54) is 6.33 Å². The van der Waals surface area contributed by atoms with Gasteiger partial charge in [-0.25, -0.2) is 9.97 Å². The Hall–Kier alpha value is -1.89. The molecule has 0 aliphatic carbocycles. The smallest absolute Gasteiger partial charge is 0.245 e. The number of nitrogen functional groups attached to an aromatic ring is 1. The van der Waals surface area contributed by atoms with Crippen molar-refractivity contribution in [3.8, 4) is 0 Å². The summed E-state index contributed by atoms with van der Waals surface area (Å²) in [6.45, 7) is 6.08. The molecular weight excluding hydrogens is 258 g/mol. The maximum Gasteiger partial charge on any atom is 0.245 e. The minimum absolute atomic E-state index is 0.0388. The molecule has 0 bridgehead atoms. The van der Waals surface area contributed by atoms with Crippen LogP contribution in [0.15, 0.2) is 6.33 Å². The minimum atomic E-state index is -0.372. The first-order valence-corrected chi connectivity index (χ1v) is 6.84. The van der Waals surface area contributed by atoms with Crippen LogP contribution in [0.5, 0.6) is 0 Å². The molecule has 3 N–H and O–H groups in total. The maximum atomic E-state index is 12.2. The molecule has 1 aliphatic rings. The van der Waals surface area contributed by atoms with Crippen LogP contribution in [-0.2, 0) is 9.53 Å². The zero-order chi connectivity index (χ0) is 14.5. The summed E-state index contributed by atoms with van der Waals surface area (Å²) in [4.78, 5) is 22.4. The van der Waals surface area contributed by atoms with Crippen molar-refractivity contribution in [2.45, 2.75) is 26.3 Å². The number of ether oxygens (including phenoxy) is 1. The molecule has 0 saturated carbocycles. The van der Waals surface area contributed by atoms with Crippen molar-refractivity contribution in [2.75, 3.05) is 36.9 Å². The van der Waals surface area contributed by atoms with Gasteiger partial charge in [0, 0.05) is 18.7 Å². The van der Waals surface area contributed by atoms with Crippen molar-refractivity contribution in [1.82, 2.24) is 15.3 Å². The molecule has 1 atom stereocenters. The van der Waals surface area contributed by atoms with Crippen LogP contribution in [0.4, 0.5) is 11.6 Å². The van der Waals surface area contributed by atoms with Gasteiger partial charge in [0.2, 0.25) is 5.91 Å². The van der Waals surface area contributed by atoms with Crippen molar-refractivity contribution in [2.24, 2.45) is 0 Å². The average molecular weight is 279 g/mol. The van der Waals surface area contributed by atoms with E-state index in [4.69, 9.17) is 10.5 Å². The summed E-state index contributed by atoms with van der Waals surface area (Å²) >= 11 is 0. The van der Waals surface area contributed by atoms with Gasteiger partial charge in [0.1, 0.15) is 24.0 Å². The Balaban J connectivity index is 2.22. The normalized spacial score (nSPS) is 18.9. The lowest BCUT2D eigenvalue weighted by molar-refractivity contribution is -0.124. The number of nitrogens with zero attached hydrogens (tertiary/aromatic N) is 3. The van der Waals surface area contributed by atoms with E-state index in [2.05, 4.69) is 15.3 Å². The summed E-state index contributed by atoms with van der Waals surface area (Å²) in [5, 5.41) is 2.90.